The van der Waals surface area contributed by atoms with Gasteiger partial charge in [0.2, 0.25) is 5.91 Å². The van der Waals surface area contributed by atoms with Gasteiger partial charge in [-0.3, -0.25) is 4.79 Å². The molecule has 15 heavy (non-hydrogen) atoms. The molecule has 2 nitrogen and oxygen atoms in total. The molecule has 0 aromatic heterocycles. The van der Waals surface area contributed by atoms with Gasteiger partial charge in [-0.2, -0.15) is 0 Å². The van der Waals surface area contributed by atoms with Crippen LogP contribution in [0, 0.1) is 5.82 Å². The second kappa shape index (κ2) is 3.49. The number of rotatable bonds is 2. The van der Waals surface area contributed by atoms with Crippen LogP contribution >= 0.6 is 11.6 Å². The molecule has 1 fully saturated rings. The van der Waals surface area contributed by atoms with Gasteiger partial charge in [-0.05, 0) is 31.0 Å². The highest BCUT2D eigenvalue weighted by Crippen LogP contribution is 2.45. The van der Waals surface area contributed by atoms with E-state index >= 15 is 0 Å². The number of benzene rings is 1. The van der Waals surface area contributed by atoms with Crippen molar-refractivity contribution in [2.75, 3.05) is 0 Å². The normalized spacial score (nSPS) is 18.3. The third kappa shape index (κ3) is 1.51. The summed E-state index contributed by atoms with van der Waals surface area (Å²) in [5.74, 6) is -0.868. The van der Waals surface area contributed by atoms with E-state index in [-0.39, 0.29) is 0 Å². The minimum absolute atomic E-state index is 0.341. The van der Waals surface area contributed by atoms with Crippen molar-refractivity contribution >= 4 is 17.5 Å². The molecule has 0 unspecified atom stereocenters. The molecular formula is C11H11ClFNO. The predicted molar refractivity (Wildman–Crippen MR) is 56.1 cm³/mol. The van der Waals surface area contributed by atoms with Crippen LogP contribution in [0.4, 0.5) is 4.39 Å². The zero-order valence-electron chi connectivity index (χ0n) is 8.09. The van der Waals surface area contributed by atoms with Crippen LogP contribution in [0.25, 0.3) is 0 Å². The first-order valence-electron chi connectivity index (χ1n) is 4.82. The fraction of sp³-hybridized carbons (Fsp3) is 0.364. The summed E-state index contributed by atoms with van der Waals surface area (Å²) in [7, 11) is 0. The lowest BCUT2D eigenvalue weighted by Gasteiger charge is -2.39. The second-order valence-corrected chi connectivity index (χ2v) is 4.36. The number of nitrogens with two attached hydrogens (primary N) is 1. The fourth-order valence-electron chi connectivity index (χ4n) is 2.04. The van der Waals surface area contributed by atoms with Gasteiger partial charge in [-0.15, -0.1) is 0 Å². The van der Waals surface area contributed by atoms with E-state index in [2.05, 4.69) is 0 Å². The molecule has 4 heteroatoms. The lowest BCUT2D eigenvalue weighted by Crippen LogP contribution is -2.47. The molecular weight excluding hydrogens is 217 g/mol. The standard InChI is InChI=1S/C11H11ClFNO/c12-7-2-3-9(13)8(6-7)11(10(14)15)4-1-5-11/h2-3,6H,1,4-5H2,(H2,14,15). The molecule has 0 spiro atoms. The predicted octanol–water partition coefficient (Wildman–Crippen LogP) is 2.39. The highest BCUT2D eigenvalue weighted by molar-refractivity contribution is 6.30. The van der Waals surface area contributed by atoms with Crippen LogP contribution in [0.1, 0.15) is 24.8 Å². The van der Waals surface area contributed by atoms with Gasteiger partial charge >= 0.3 is 0 Å². The molecule has 0 saturated heterocycles. The Morgan fingerprint density at radius 2 is 2.13 bits per heavy atom. The Morgan fingerprint density at radius 1 is 1.47 bits per heavy atom. The van der Waals surface area contributed by atoms with Crippen molar-refractivity contribution in [3.05, 3.63) is 34.6 Å². The summed E-state index contributed by atoms with van der Waals surface area (Å²) in [6.07, 6.45) is 2.12. The molecule has 80 valence electrons. The van der Waals surface area contributed by atoms with E-state index in [0.717, 1.165) is 6.42 Å². The number of primary amides is 1. The lowest BCUT2D eigenvalue weighted by atomic mass is 9.64. The summed E-state index contributed by atoms with van der Waals surface area (Å²) in [4.78, 5) is 11.4. The quantitative estimate of drug-likeness (QED) is 0.828. The first kappa shape index (κ1) is 10.4. The van der Waals surface area contributed by atoms with Gasteiger partial charge in [0.15, 0.2) is 0 Å². The maximum atomic E-state index is 13.6. The van der Waals surface area contributed by atoms with Crippen LogP contribution in [0.2, 0.25) is 5.02 Å². The van der Waals surface area contributed by atoms with E-state index in [1.165, 1.54) is 18.2 Å². The van der Waals surface area contributed by atoms with E-state index in [1.807, 2.05) is 0 Å². The van der Waals surface area contributed by atoms with E-state index in [0.29, 0.717) is 23.4 Å². The number of carbonyl (C=O) groups excluding carboxylic acids is 1. The average molecular weight is 228 g/mol. The van der Waals surface area contributed by atoms with Crippen LogP contribution in [-0.4, -0.2) is 5.91 Å². The number of carbonyl (C=O) groups is 1. The Labute approximate surface area is 92.2 Å². The van der Waals surface area contributed by atoms with Gasteiger partial charge in [0.1, 0.15) is 5.82 Å². The number of hydrogen-bond acceptors (Lipinski definition) is 1. The smallest absolute Gasteiger partial charge is 0.228 e. The summed E-state index contributed by atoms with van der Waals surface area (Å²) < 4.78 is 13.6. The largest absolute Gasteiger partial charge is 0.369 e. The Balaban J connectivity index is 2.51. The molecule has 0 radical (unpaired) electrons. The zero-order chi connectivity index (χ0) is 11.1. The van der Waals surface area contributed by atoms with E-state index in [9.17, 15) is 9.18 Å². The SMILES string of the molecule is NC(=O)C1(c2cc(Cl)ccc2F)CCC1. The van der Waals surface area contributed by atoms with E-state index < -0.39 is 17.1 Å². The Kier molecular flexibility index (Phi) is 2.43. The van der Waals surface area contributed by atoms with Gasteiger partial charge in [0.05, 0.1) is 5.41 Å². The van der Waals surface area contributed by atoms with Gasteiger partial charge in [-0.1, -0.05) is 18.0 Å². The van der Waals surface area contributed by atoms with Gasteiger partial charge < -0.3 is 5.73 Å². The van der Waals surface area contributed by atoms with Gasteiger partial charge in [0.25, 0.3) is 0 Å². The van der Waals surface area contributed by atoms with Crippen LogP contribution in [-0.2, 0) is 10.2 Å². The highest BCUT2D eigenvalue weighted by atomic mass is 35.5. The van der Waals surface area contributed by atoms with Crippen molar-refractivity contribution in [1.29, 1.82) is 0 Å². The number of hydrogen-bond donors (Lipinski definition) is 1. The lowest BCUT2D eigenvalue weighted by molar-refractivity contribution is -0.126. The highest BCUT2D eigenvalue weighted by Gasteiger charge is 2.45. The van der Waals surface area contributed by atoms with Gasteiger partial charge in [-0.25, -0.2) is 4.39 Å². The molecule has 1 amide bonds. The van der Waals surface area contributed by atoms with E-state index in [1.54, 1.807) is 0 Å². The molecule has 0 bridgehead atoms. The molecule has 0 aliphatic heterocycles. The van der Waals surface area contributed by atoms with Crippen molar-refractivity contribution in [3.63, 3.8) is 0 Å². The molecule has 1 saturated carbocycles. The van der Waals surface area contributed by atoms with Crippen LogP contribution in [0.3, 0.4) is 0 Å². The molecule has 0 atom stereocenters. The first-order valence-corrected chi connectivity index (χ1v) is 5.19. The molecule has 1 aliphatic carbocycles. The minimum Gasteiger partial charge on any atom is -0.369 e. The number of halogens is 2. The fourth-order valence-corrected chi connectivity index (χ4v) is 2.22. The van der Waals surface area contributed by atoms with Crippen molar-refractivity contribution in [2.45, 2.75) is 24.7 Å². The first-order chi connectivity index (χ1) is 7.06. The molecule has 1 aliphatic rings. The van der Waals surface area contributed by atoms with Crippen molar-refractivity contribution in [2.24, 2.45) is 5.73 Å². The van der Waals surface area contributed by atoms with Crippen LogP contribution < -0.4 is 5.73 Å². The van der Waals surface area contributed by atoms with Crippen molar-refractivity contribution < 1.29 is 9.18 Å². The van der Waals surface area contributed by atoms with E-state index in [4.69, 9.17) is 17.3 Å². The molecule has 2 rings (SSSR count). The average Bonchev–Trinajstić information content (AvgIpc) is 2.08. The topological polar surface area (TPSA) is 43.1 Å². The third-order valence-electron chi connectivity index (χ3n) is 3.12. The summed E-state index contributed by atoms with van der Waals surface area (Å²) in [6, 6.07) is 4.25. The molecule has 1 aromatic rings. The Morgan fingerprint density at radius 3 is 2.60 bits per heavy atom. The second-order valence-electron chi connectivity index (χ2n) is 3.92. The zero-order valence-corrected chi connectivity index (χ0v) is 8.85. The van der Waals surface area contributed by atoms with Crippen LogP contribution in [0.15, 0.2) is 18.2 Å². The summed E-state index contributed by atoms with van der Waals surface area (Å²) >= 11 is 5.79. The van der Waals surface area contributed by atoms with Crippen LogP contribution in [0.5, 0.6) is 0 Å². The molecule has 0 heterocycles. The number of amides is 1. The Hall–Kier alpha value is -1.09. The van der Waals surface area contributed by atoms with Gasteiger partial charge in [0, 0.05) is 10.6 Å². The third-order valence-corrected chi connectivity index (χ3v) is 3.36. The maximum absolute atomic E-state index is 13.6. The van der Waals surface area contributed by atoms with Crippen molar-refractivity contribution in [1.82, 2.24) is 0 Å². The minimum atomic E-state index is -0.824. The Bertz CT molecular complexity index is 415. The molecule has 1 aromatic carbocycles. The summed E-state index contributed by atoms with van der Waals surface area (Å²) in [5, 5.41) is 0.430. The maximum Gasteiger partial charge on any atom is 0.228 e. The molecule has 2 N–H and O–H groups in total. The summed E-state index contributed by atoms with van der Waals surface area (Å²) in [5.41, 5.74) is 4.85. The monoisotopic (exact) mass is 227 g/mol. The summed E-state index contributed by atoms with van der Waals surface area (Å²) in [6.45, 7) is 0. The van der Waals surface area contributed by atoms with Crippen molar-refractivity contribution in [3.8, 4) is 0 Å².